The van der Waals surface area contributed by atoms with E-state index in [-0.39, 0.29) is 18.2 Å². The summed E-state index contributed by atoms with van der Waals surface area (Å²) in [6, 6.07) is 3.73. The van der Waals surface area contributed by atoms with Crippen LogP contribution in [0.4, 0.5) is 5.95 Å². The molecule has 0 fully saturated rings. The maximum absolute atomic E-state index is 13.2. The van der Waals surface area contributed by atoms with E-state index in [4.69, 9.17) is 5.73 Å². The van der Waals surface area contributed by atoms with Crippen LogP contribution < -0.4 is 16.5 Å². The fraction of sp³-hybridized carbons (Fsp3) is 0.435. The first-order valence-electron chi connectivity index (χ1n) is 11.6. The van der Waals surface area contributed by atoms with Crippen LogP contribution in [-0.4, -0.2) is 60.2 Å². The average Bonchev–Trinajstić information content (AvgIpc) is 3.52. The van der Waals surface area contributed by atoms with Crippen molar-refractivity contribution in [2.24, 2.45) is 5.73 Å². The number of hydrazine groups is 1. The number of amides is 2. The van der Waals surface area contributed by atoms with E-state index in [9.17, 15) is 19.5 Å². The van der Waals surface area contributed by atoms with E-state index in [1.807, 2.05) is 6.92 Å². The molecule has 2 unspecified atom stereocenters. The molecule has 2 atom stereocenters. The summed E-state index contributed by atoms with van der Waals surface area (Å²) in [4.78, 5) is 44.4. The molecule has 0 saturated carbocycles. The van der Waals surface area contributed by atoms with Crippen molar-refractivity contribution in [1.29, 1.82) is 0 Å². The minimum Gasteiger partial charge on any atom is -0.480 e. The summed E-state index contributed by atoms with van der Waals surface area (Å²) >= 11 is 0. The maximum Gasteiger partial charge on any atom is 0.328 e. The van der Waals surface area contributed by atoms with E-state index >= 15 is 0 Å². The maximum atomic E-state index is 13.2. The van der Waals surface area contributed by atoms with Gasteiger partial charge in [-0.25, -0.2) is 19.5 Å². The number of carbonyl (C=O) groups excluding carboxylic acids is 2. The van der Waals surface area contributed by atoms with Crippen molar-refractivity contribution in [2.45, 2.75) is 58.2 Å². The Morgan fingerprint density at radius 2 is 2.06 bits per heavy atom. The number of fused-ring (bicyclic) bond motifs is 1. The van der Waals surface area contributed by atoms with E-state index in [2.05, 4.69) is 25.8 Å². The lowest BCUT2D eigenvalue weighted by molar-refractivity contribution is -0.143. The number of hydrogen-bond donors (Lipinski definition) is 5. The molecule has 1 aromatic carbocycles. The number of unbranched alkanes of at least 4 members (excludes halogenated alkanes) is 2. The molecule has 35 heavy (non-hydrogen) atoms. The quantitative estimate of drug-likeness (QED) is 0.192. The van der Waals surface area contributed by atoms with E-state index in [1.54, 1.807) is 41.5 Å². The Balaban J connectivity index is 1.80. The van der Waals surface area contributed by atoms with Gasteiger partial charge in [-0.05, 0) is 50.9 Å². The molecule has 2 aromatic heterocycles. The summed E-state index contributed by atoms with van der Waals surface area (Å²) in [5, 5.41) is 18.8. The Hall–Kier alpha value is -3.93. The van der Waals surface area contributed by atoms with E-state index in [1.165, 1.54) is 6.92 Å². The van der Waals surface area contributed by atoms with Crippen LogP contribution in [0.1, 0.15) is 62.5 Å². The van der Waals surface area contributed by atoms with Gasteiger partial charge in [-0.1, -0.05) is 13.3 Å². The van der Waals surface area contributed by atoms with E-state index < -0.39 is 23.8 Å². The Morgan fingerprint density at radius 3 is 2.71 bits per heavy atom. The van der Waals surface area contributed by atoms with Crippen molar-refractivity contribution in [1.82, 2.24) is 30.2 Å². The van der Waals surface area contributed by atoms with Crippen LogP contribution >= 0.6 is 0 Å². The van der Waals surface area contributed by atoms with Gasteiger partial charge in [-0.3, -0.25) is 15.0 Å². The first-order valence-corrected chi connectivity index (χ1v) is 11.6. The molecule has 0 aliphatic heterocycles. The molecule has 12 heteroatoms. The topological polar surface area (TPSA) is 171 Å². The number of H-pyrrole nitrogens is 1. The molecule has 2 heterocycles. The zero-order chi connectivity index (χ0) is 25.4. The number of carboxylic acid groups (broad SMARTS) is 1. The number of anilines is 1. The van der Waals surface area contributed by atoms with Crippen LogP contribution in [0.3, 0.4) is 0 Å². The predicted molar refractivity (Wildman–Crippen MR) is 130 cm³/mol. The molecule has 0 saturated heterocycles. The Labute approximate surface area is 202 Å². The lowest BCUT2D eigenvalue weighted by atomic mass is 10.1. The highest BCUT2D eigenvalue weighted by molar-refractivity contribution is 6.00. The molecular weight excluding hydrogens is 452 g/mol. The summed E-state index contributed by atoms with van der Waals surface area (Å²) in [6.07, 6.45) is 7.89. The highest BCUT2D eigenvalue weighted by Crippen LogP contribution is 2.23. The SMILES string of the molecule is CCC(Nc1ncc[nH]1)n1ncc2cc(C(=O)N(NC(=O)CCCCCN)C(C)C(=O)O)ccc21. The number of nitrogens with one attached hydrogen (secondary N) is 3. The lowest BCUT2D eigenvalue weighted by Crippen LogP contribution is -2.53. The number of nitrogens with two attached hydrogens (primary N) is 1. The van der Waals surface area contributed by atoms with Crippen LogP contribution in [0, 0.1) is 0 Å². The molecule has 0 bridgehead atoms. The predicted octanol–water partition coefficient (Wildman–Crippen LogP) is 2.25. The Bertz CT molecular complexity index is 1140. The van der Waals surface area contributed by atoms with Crippen LogP contribution in [0.5, 0.6) is 0 Å². The van der Waals surface area contributed by atoms with Gasteiger partial charge in [0.2, 0.25) is 11.9 Å². The van der Waals surface area contributed by atoms with Gasteiger partial charge in [0.25, 0.3) is 5.91 Å². The van der Waals surface area contributed by atoms with Gasteiger partial charge in [0.15, 0.2) is 0 Å². The number of nitrogens with zero attached hydrogens (tertiary/aromatic N) is 4. The van der Waals surface area contributed by atoms with Crippen molar-refractivity contribution < 1.29 is 19.5 Å². The second kappa shape index (κ2) is 12.0. The molecular formula is C23H32N8O4. The average molecular weight is 485 g/mol. The van der Waals surface area contributed by atoms with Gasteiger partial charge < -0.3 is 21.1 Å². The van der Waals surface area contributed by atoms with Crippen LogP contribution in [0.25, 0.3) is 10.9 Å². The fourth-order valence-corrected chi connectivity index (χ4v) is 3.64. The monoisotopic (exact) mass is 484 g/mol. The molecule has 3 aromatic rings. The molecule has 3 rings (SSSR count). The minimum atomic E-state index is -1.25. The number of aliphatic carboxylic acids is 1. The van der Waals surface area contributed by atoms with Crippen LogP contribution in [0.2, 0.25) is 0 Å². The normalized spacial score (nSPS) is 12.8. The largest absolute Gasteiger partial charge is 0.480 e. The number of carboxylic acids is 1. The zero-order valence-corrected chi connectivity index (χ0v) is 19.9. The molecule has 0 aliphatic rings. The second-order valence-corrected chi connectivity index (χ2v) is 8.19. The molecule has 6 N–H and O–H groups in total. The van der Waals surface area contributed by atoms with Gasteiger partial charge >= 0.3 is 5.97 Å². The highest BCUT2D eigenvalue weighted by Gasteiger charge is 2.28. The summed E-state index contributed by atoms with van der Waals surface area (Å²) in [5.74, 6) is -1.66. The minimum absolute atomic E-state index is 0.170. The number of aromatic nitrogens is 4. The van der Waals surface area contributed by atoms with Crippen molar-refractivity contribution in [3.8, 4) is 0 Å². The van der Waals surface area contributed by atoms with Crippen LogP contribution in [0.15, 0.2) is 36.8 Å². The highest BCUT2D eigenvalue weighted by atomic mass is 16.4. The van der Waals surface area contributed by atoms with Gasteiger partial charge in [0.1, 0.15) is 12.2 Å². The van der Waals surface area contributed by atoms with Gasteiger partial charge in [0.05, 0.1) is 11.7 Å². The molecule has 0 spiro atoms. The third kappa shape index (κ3) is 6.35. The molecule has 12 nitrogen and oxygen atoms in total. The number of benzene rings is 1. The van der Waals surface area contributed by atoms with E-state index in [0.29, 0.717) is 24.3 Å². The summed E-state index contributed by atoms with van der Waals surface area (Å²) in [7, 11) is 0. The smallest absolute Gasteiger partial charge is 0.328 e. The number of imidazole rings is 1. The van der Waals surface area contributed by atoms with Crippen molar-refractivity contribution >= 4 is 34.6 Å². The van der Waals surface area contributed by atoms with E-state index in [0.717, 1.165) is 29.8 Å². The lowest BCUT2D eigenvalue weighted by Gasteiger charge is -2.27. The number of rotatable bonds is 12. The molecule has 0 radical (unpaired) electrons. The first-order chi connectivity index (χ1) is 16.8. The Morgan fingerprint density at radius 1 is 1.26 bits per heavy atom. The number of carbonyl (C=O) groups is 3. The number of aromatic amines is 1. The van der Waals surface area contributed by atoms with Crippen LogP contribution in [-0.2, 0) is 9.59 Å². The van der Waals surface area contributed by atoms with Crippen molar-refractivity contribution in [3.05, 3.63) is 42.4 Å². The fourth-order valence-electron chi connectivity index (χ4n) is 3.64. The summed E-state index contributed by atoms with van der Waals surface area (Å²) in [5.41, 5.74) is 8.96. The first kappa shape index (κ1) is 25.7. The second-order valence-electron chi connectivity index (χ2n) is 8.19. The molecule has 188 valence electrons. The van der Waals surface area contributed by atoms with Gasteiger partial charge in [-0.2, -0.15) is 5.10 Å². The Kier molecular flexibility index (Phi) is 8.79. The summed E-state index contributed by atoms with van der Waals surface area (Å²) in [6.45, 7) is 3.90. The van der Waals surface area contributed by atoms with Gasteiger partial charge in [0, 0.05) is 29.8 Å². The summed E-state index contributed by atoms with van der Waals surface area (Å²) < 4.78 is 1.80. The van der Waals surface area contributed by atoms with Crippen molar-refractivity contribution in [3.63, 3.8) is 0 Å². The van der Waals surface area contributed by atoms with Crippen molar-refractivity contribution in [2.75, 3.05) is 11.9 Å². The molecule has 2 amide bonds. The standard InChI is InChI=1S/C23H32N8O4/c1-3-19(28-23-25-11-12-26-23)31-18-9-8-16(13-17(18)14-27-31)21(33)30(15(2)22(34)35)29-20(32)7-5-4-6-10-24/h8-9,11-15,19H,3-7,10,24H2,1-2H3,(H,29,32)(H,34,35)(H2,25,26,28). The zero-order valence-electron chi connectivity index (χ0n) is 19.9. The third-order valence-electron chi connectivity index (χ3n) is 5.64. The van der Waals surface area contributed by atoms with Gasteiger partial charge in [-0.15, -0.1) is 0 Å². The third-order valence-corrected chi connectivity index (χ3v) is 5.64. The molecule has 0 aliphatic carbocycles. The number of hydrogen-bond acceptors (Lipinski definition) is 7.